The molecule has 0 amide bonds. The van der Waals surface area contributed by atoms with Crippen LogP contribution >= 0.6 is 0 Å². The van der Waals surface area contributed by atoms with Crippen LogP contribution in [-0.2, 0) is 9.47 Å². The van der Waals surface area contributed by atoms with E-state index in [4.69, 9.17) is 18.9 Å². The molecule has 0 spiro atoms. The lowest BCUT2D eigenvalue weighted by Gasteiger charge is -2.44. The summed E-state index contributed by atoms with van der Waals surface area (Å²) in [6, 6.07) is 16.5. The molecule has 6 rings (SSSR count). The van der Waals surface area contributed by atoms with Gasteiger partial charge in [0.25, 0.3) is 0 Å². The molecule has 26 heteroatoms. The first-order chi connectivity index (χ1) is 33.0. The molecule has 6 aromatic carbocycles. The van der Waals surface area contributed by atoms with Crippen molar-refractivity contribution < 1.29 is 128 Å². The van der Waals surface area contributed by atoms with Gasteiger partial charge in [-0.1, -0.05) is 24.3 Å². The minimum atomic E-state index is -7.22. The summed E-state index contributed by atoms with van der Waals surface area (Å²) in [5.41, 5.74) is -14.3. The minimum absolute atomic E-state index is 0.398. The Morgan fingerprint density at radius 2 is 0.529 bits per heavy atom. The number of ether oxygens (including phenoxy) is 4. The van der Waals surface area contributed by atoms with E-state index < -0.39 is 166 Å². The molecule has 0 atom stereocenters. The molecule has 0 N–H and O–H groups in total. The summed E-state index contributed by atoms with van der Waals surface area (Å²) < 4.78 is 319. The van der Waals surface area contributed by atoms with Crippen LogP contribution in [-0.4, -0.2) is 45.8 Å². The molecule has 0 aliphatic rings. The third kappa shape index (κ3) is 10.1. The van der Waals surface area contributed by atoms with E-state index in [2.05, 4.69) is 24.3 Å². The van der Waals surface area contributed by atoms with Crippen molar-refractivity contribution >= 4 is 28.0 Å². The molecule has 0 unspecified atom stereocenters. The van der Waals surface area contributed by atoms with Crippen molar-refractivity contribution in [2.24, 2.45) is 0 Å². The van der Waals surface area contributed by atoms with E-state index in [0.29, 0.717) is 39.6 Å². The van der Waals surface area contributed by atoms with Gasteiger partial charge in [0.1, 0.15) is 65.9 Å². The predicted octanol–water partition coefficient (Wildman–Crippen LogP) is 6.49. The van der Waals surface area contributed by atoms with Crippen molar-refractivity contribution in [1.82, 2.24) is 0 Å². The van der Waals surface area contributed by atoms with Gasteiger partial charge >= 0.3 is 21.2 Å². The quantitative estimate of drug-likeness (QED) is 0.0278. The van der Waals surface area contributed by atoms with E-state index in [1.54, 1.807) is 0 Å². The van der Waals surface area contributed by atoms with E-state index in [-0.39, 0.29) is 0 Å². The van der Waals surface area contributed by atoms with Crippen molar-refractivity contribution in [2.45, 2.75) is 13.8 Å². The first-order valence-electron chi connectivity index (χ1n) is 19.5. The molecule has 0 aliphatic heterocycles. The number of rotatable bonds is 16. The second-order valence-electron chi connectivity index (χ2n) is 13.8. The summed E-state index contributed by atoms with van der Waals surface area (Å²) in [5.74, 6) is -69.5. The monoisotopic (exact) mass is 1140 g/mol. The fraction of sp³-hybridized carbons (Fsp3) is 0.182. The van der Waals surface area contributed by atoms with Crippen LogP contribution in [0.1, 0.15) is 13.8 Å². The highest BCUT2D eigenvalue weighted by atomic mass is 127. The van der Waals surface area contributed by atoms with Gasteiger partial charge in [0.15, 0.2) is 81.3 Å². The zero-order chi connectivity index (χ0) is 52.1. The van der Waals surface area contributed by atoms with Crippen LogP contribution < -0.4 is 52.5 Å². The predicted molar refractivity (Wildman–Crippen MR) is 203 cm³/mol. The zero-order valence-corrected chi connectivity index (χ0v) is 37.2. The molecule has 0 bridgehead atoms. The molecule has 0 heterocycles. The largest absolute Gasteiger partial charge is 0.486 e. The average molecular weight is 1140 g/mol. The lowest BCUT2D eigenvalue weighted by molar-refractivity contribution is -0.599. The fourth-order valence-electron chi connectivity index (χ4n) is 6.97. The summed E-state index contributed by atoms with van der Waals surface area (Å²) >= 11 is -0.398. The molecule has 70 heavy (non-hydrogen) atoms. The molecule has 4 nitrogen and oxygen atoms in total. The molecule has 0 saturated carbocycles. The standard InChI is InChI=1S/C24BF20.C20H26IO4/c26-5-1(6(27)14(35)21(42)13(5)34)25(2-7(28)15(36)22(43)16(37)8(2)29,3-9(30)17(38)23(44)18(39)10(3)31)4-11(32)19(40)24(45)20(41)12(4)33;1-3-22-13-15-24-19-11-7-5-9-17(19)21-18-10-6-8-12-20(18)25-16-14-23-4-2/h;5-12H,3-4,13-16H2,1-2H3/q-1;+1. The van der Waals surface area contributed by atoms with Gasteiger partial charge in [-0.05, 0) is 38.1 Å². The van der Waals surface area contributed by atoms with Gasteiger partial charge in [0, 0.05) is 13.2 Å². The lowest BCUT2D eigenvalue weighted by Crippen LogP contribution is -3.61. The van der Waals surface area contributed by atoms with E-state index >= 15 is 35.1 Å². The Labute approximate surface area is 391 Å². The lowest BCUT2D eigenvalue weighted by atomic mass is 9.12. The van der Waals surface area contributed by atoms with Crippen LogP contribution in [0.4, 0.5) is 87.8 Å². The number of para-hydroxylation sites is 2. The van der Waals surface area contributed by atoms with Gasteiger partial charge in [-0.3, -0.25) is 0 Å². The molecular formula is C44H26BF20IO4. The van der Waals surface area contributed by atoms with Crippen LogP contribution in [0.5, 0.6) is 11.5 Å². The van der Waals surface area contributed by atoms with E-state index in [1.165, 1.54) is 7.14 Å². The van der Waals surface area contributed by atoms with Crippen LogP contribution in [0.15, 0.2) is 48.5 Å². The van der Waals surface area contributed by atoms with E-state index in [1.807, 2.05) is 38.1 Å². The maximum Gasteiger partial charge on any atom is 0.366 e. The van der Waals surface area contributed by atoms with Gasteiger partial charge < -0.3 is 18.9 Å². The Morgan fingerprint density at radius 3 is 0.757 bits per heavy atom. The van der Waals surface area contributed by atoms with Crippen LogP contribution in [0.3, 0.4) is 0 Å². The minimum Gasteiger partial charge on any atom is -0.486 e. The van der Waals surface area contributed by atoms with E-state index in [0.717, 1.165) is 11.5 Å². The first-order valence-corrected chi connectivity index (χ1v) is 21.7. The molecule has 0 aliphatic carbocycles. The highest BCUT2D eigenvalue weighted by Gasteiger charge is 2.52. The molecule has 0 saturated heterocycles. The van der Waals surface area contributed by atoms with Gasteiger partial charge in [-0.2, -0.15) is 0 Å². The molecule has 376 valence electrons. The zero-order valence-electron chi connectivity index (χ0n) is 35.0. The first kappa shape index (κ1) is 55.2. The Morgan fingerprint density at radius 1 is 0.314 bits per heavy atom. The normalized spacial score (nSPS) is 11.5. The summed E-state index contributed by atoms with van der Waals surface area (Å²) in [7, 11) is 0. The van der Waals surface area contributed by atoms with Crippen LogP contribution in [0.25, 0.3) is 0 Å². The Bertz CT molecular complexity index is 2490. The smallest absolute Gasteiger partial charge is 0.366 e. The van der Waals surface area contributed by atoms with E-state index in [9.17, 15) is 52.7 Å². The number of hydrogen-bond donors (Lipinski definition) is 0. The van der Waals surface area contributed by atoms with Gasteiger partial charge in [-0.15, -0.1) is 21.9 Å². The third-order valence-corrected chi connectivity index (χ3v) is 12.9. The van der Waals surface area contributed by atoms with Crippen molar-refractivity contribution in [3.05, 3.63) is 172 Å². The van der Waals surface area contributed by atoms with Crippen molar-refractivity contribution in [1.29, 1.82) is 0 Å². The van der Waals surface area contributed by atoms with Crippen LogP contribution in [0.2, 0.25) is 0 Å². The molecule has 0 radical (unpaired) electrons. The number of halogens is 21. The summed E-state index contributed by atoms with van der Waals surface area (Å²) in [6.07, 6.45) is -7.22. The summed E-state index contributed by atoms with van der Waals surface area (Å²) in [5, 5.41) is 0. The topological polar surface area (TPSA) is 36.9 Å². The number of hydrogen-bond acceptors (Lipinski definition) is 4. The summed E-state index contributed by atoms with van der Waals surface area (Å²) in [6.45, 7) is 7.77. The molecule has 0 fully saturated rings. The van der Waals surface area contributed by atoms with Crippen molar-refractivity contribution in [2.75, 3.05) is 39.6 Å². The van der Waals surface area contributed by atoms with Gasteiger partial charge in [0.05, 0.1) is 13.2 Å². The van der Waals surface area contributed by atoms with Crippen LogP contribution in [0, 0.1) is 123 Å². The Kier molecular flexibility index (Phi) is 18.1. The average Bonchev–Trinajstić information content (AvgIpc) is 3.35. The molecule has 0 aromatic heterocycles. The SMILES string of the molecule is CCOCCOc1ccccc1[I+]c1ccccc1OCCOCC.Fc1c(F)c(F)c([B-](c2c(F)c(F)c(F)c(F)c2F)(c2c(F)c(F)c(F)c(F)c2F)c2c(F)c(F)c(F)c(F)c2F)c(F)c1F. The second-order valence-corrected chi connectivity index (χ2v) is 16.7. The molecule has 6 aromatic rings. The fourth-order valence-corrected chi connectivity index (χ4v) is 9.58. The molecular weight excluding hydrogens is 1110 g/mol. The van der Waals surface area contributed by atoms with Crippen molar-refractivity contribution in [3.8, 4) is 11.5 Å². The Hall–Kier alpha value is -5.77. The maximum atomic E-state index is 15.4. The Balaban J connectivity index is 0.000000308. The highest BCUT2D eigenvalue weighted by Crippen LogP contribution is 2.31. The van der Waals surface area contributed by atoms with Gasteiger partial charge in [-0.25, -0.2) is 87.8 Å². The third-order valence-electron chi connectivity index (χ3n) is 9.96. The highest BCUT2D eigenvalue weighted by molar-refractivity contribution is 7.20. The van der Waals surface area contributed by atoms with Crippen molar-refractivity contribution in [3.63, 3.8) is 0 Å². The second kappa shape index (κ2) is 23.0. The van der Waals surface area contributed by atoms with Gasteiger partial charge in [0.2, 0.25) is 7.14 Å². The maximum absolute atomic E-state index is 15.4. The summed E-state index contributed by atoms with van der Waals surface area (Å²) in [4.78, 5) is 0. The number of benzene rings is 6.